The van der Waals surface area contributed by atoms with Crippen molar-refractivity contribution < 1.29 is 4.74 Å². The number of anilines is 1. The van der Waals surface area contributed by atoms with Crippen LogP contribution >= 0.6 is 15.9 Å². The van der Waals surface area contributed by atoms with E-state index in [0.29, 0.717) is 6.54 Å². The van der Waals surface area contributed by atoms with E-state index in [4.69, 9.17) is 4.74 Å². The van der Waals surface area contributed by atoms with Gasteiger partial charge in [0.25, 0.3) is 0 Å². The molecule has 0 spiro atoms. The molecule has 0 atom stereocenters. The molecule has 0 radical (unpaired) electrons. The van der Waals surface area contributed by atoms with Crippen LogP contribution in [0.1, 0.15) is 5.56 Å². The van der Waals surface area contributed by atoms with Gasteiger partial charge >= 0.3 is 0 Å². The van der Waals surface area contributed by atoms with Crippen molar-refractivity contribution in [1.82, 2.24) is 4.98 Å². The highest BCUT2D eigenvalue weighted by molar-refractivity contribution is 9.10. The second-order valence-electron chi connectivity index (χ2n) is 4.73. The van der Waals surface area contributed by atoms with Gasteiger partial charge in [-0.25, -0.2) is 0 Å². The summed E-state index contributed by atoms with van der Waals surface area (Å²) in [5, 5.41) is 4.53. The summed E-state index contributed by atoms with van der Waals surface area (Å²) in [6.45, 7) is 0.706. The number of rotatable bonds is 4. The summed E-state index contributed by atoms with van der Waals surface area (Å²) in [6, 6.07) is 16.1. The van der Waals surface area contributed by atoms with Crippen LogP contribution in [0, 0.1) is 0 Å². The fourth-order valence-corrected chi connectivity index (χ4v) is 2.57. The lowest BCUT2D eigenvalue weighted by Gasteiger charge is -2.10. The normalized spacial score (nSPS) is 10.6. The van der Waals surface area contributed by atoms with E-state index >= 15 is 0 Å². The van der Waals surface area contributed by atoms with Crippen LogP contribution in [0.15, 0.2) is 59.2 Å². The number of nitrogens with zero attached hydrogens (tertiary/aromatic N) is 1. The van der Waals surface area contributed by atoms with Gasteiger partial charge in [-0.05, 0) is 35.9 Å². The molecule has 0 bridgehead atoms. The zero-order chi connectivity index (χ0) is 14.7. The minimum Gasteiger partial charge on any atom is -0.497 e. The SMILES string of the molecule is COc1ccc(Br)c(CNc2cnc3ccccc3c2)c1. The molecule has 0 aliphatic heterocycles. The fraction of sp³-hybridized carbons (Fsp3) is 0.118. The number of methoxy groups -OCH3 is 1. The Hall–Kier alpha value is -2.07. The van der Waals surface area contributed by atoms with E-state index in [0.717, 1.165) is 32.4 Å². The number of hydrogen-bond acceptors (Lipinski definition) is 3. The molecule has 0 saturated carbocycles. The Bertz CT molecular complexity index is 774. The van der Waals surface area contributed by atoms with Crippen molar-refractivity contribution >= 4 is 32.5 Å². The van der Waals surface area contributed by atoms with E-state index in [-0.39, 0.29) is 0 Å². The first-order valence-electron chi connectivity index (χ1n) is 6.67. The van der Waals surface area contributed by atoms with Crippen molar-refractivity contribution in [1.29, 1.82) is 0 Å². The van der Waals surface area contributed by atoms with Crippen molar-refractivity contribution in [3.8, 4) is 5.75 Å². The van der Waals surface area contributed by atoms with Gasteiger partial charge in [0.15, 0.2) is 0 Å². The molecule has 1 heterocycles. The molecule has 0 unspecified atom stereocenters. The number of pyridine rings is 1. The van der Waals surface area contributed by atoms with Gasteiger partial charge in [0.05, 0.1) is 24.5 Å². The number of ether oxygens (including phenoxy) is 1. The average Bonchev–Trinajstić information content (AvgIpc) is 2.54. The summed E-state index contributed by atoms with van der Waals surface area (Å²) >= 11 is 3.56. The maximum absolute atomic E-state index is 5.26. The second-order valence-corrected chi connectivity index (χ2v) is 5.58. The predicted octanol–water partition coefficient (Wildman–Crippen LogP) is 4.62. The molecule has 3 aromatic rings. The summed E-state index contributed by atoms with van der Waals surface area (Å²) in [5.74, 6) is 0.853. The lowest BCUT2D eigenvalue weighted by molar-refractivity contribution is 0.414. The lowest BCUT2D eigenvalue weighted by atomic mass is 10.2. The molecule has 21 heavy (non-hydrogen) atoms. The van der Waals surface area contributed by atoms with Gasteiger partial charge in [0.2, 0.25) is 0 Å². The third-order valence-electron chi connectivity index (χ3n) is 3.33. The minimum absolute atomic E-state index is 0.706. The maximum atomic E-state index is 5.26. The predicted molar refractivity (Wildman–Crippen MR) is 89.8 cm³/mol. The zero-order valence-corrected chi connectivity index (χ0v) is 13.2. The van der Waals surface area contributed by atoms with Crippen LogP contribution in [0.2, 0.25) is 0 Å². The van der Waals surface area contributed by atoms with Crippen LogP contribution in [0.4, 0.5) is 5.69 Å². The summed E-state index contributed by atoms with van der Waals surface area (Å²) in [5.41, 5.74) is 3.15. The summed E-state index contributed by atoms with van der Waals surface area (Å²) < 4.78 is 6.32. The fourth-order valence-electron chi connectivity index (χ4n) is 2.18. The van der Waals surface area contributed by atoms with Crippen molar-refractivity contribution in [2.75, 3.05) is 12.4 Å². The van der Waals surface area contributed by atoms with Gasteiger partial charge in [0, 0.05) is 16.4 Å². The van der Waals surface area contributed by atoms with Crippen LogP contribution in [0.3, 0.4) is 0 Å². The molecular formula is C17H15BrN2O. The van der Waals surface area contributed by atoms with Gasteiger partial charge in [-0.3, -0.25) is 4.98 Å². The molecule has 106 valence electrons. The Morgan fingerprint density at radius 1 is 1.14 bits per heavy atom. The summed E-state index contributed by atoms with van der Waals surface area (Å²) in [6.07, 6.45) is 1.86. The number of benzene rings is 2. The molecule has 3 rings (SSSR count). The third kappa shape index (κ3) is 3.16. The Labute approximate surface area is 132 Å². The highest BCUT2D eigenvalue weighted by Gasteiger charge is 2.03. The Kier molecular flexibility index (Phi) is 4.06. The van der Waals surface area contributed by atoms with Gasteiger partial charge < -0.3 is 10.1 Å². The smallest absolute Gasteiger partial charge is 0.119 e. The molecule has 2 aromatic carbocycles. The van der Waals surface area contributed by atoms with Crippen molar-refractivity contribution in [2.24, 2.45) is 0 Å². The van der Waals surface area contributed by atoms with Crippen LogP contribution in [-0.4, -0.2) is 12.1 Å². The first kappa shape index (κ1) is 13.9. The van der Waals surface area contributed by atoms with Gasteiger partial charge in [-0.1, -0.05) is 34.1 Å². The number of nitrogens with one attached hydrogen (secondary N) is 1. The Morgan fingerprint density at radius 2 is 2.00 bits per heavy atom. The molecular weight excluding hydrogens is 328 g/mol. The number of aromatic nitrogens is 1. The molecule has 0 aliphatic carbocycles. The highest BCUT2D eigenvalue weighted by atomic mass is 79.9. The molecule has 0 aliphatic rings. The van der Waals surface area contributed by atoms with Crippen LogP contribution in [-0.2, 0) is 6.54 Å². The number of fused-ring (bicyclic) bond motifs is 1. The largest absolute Gasteiger partial charge is 0.497 e. The first-order valence-corrected chi connectivity index (χ1v) is 7.46. The molecule has 4 heteroatoms. The highest BCUT2D eigenvalue weighted by Crippen LogP contribution is 2.24. The second kappa shape index (κ2) is 6.14. The van der Waals surface area contributed by atoms with E-state index in [1.807, 2.05) is 42.6 Å². The quantitative estimate of drug-likeness (QED) is 0.751. The van der Waals surface area contributed by atoms with E-state index in [1.54, 1.807) is 7.11 Å². The third-order valence-corrected chi connectivity index (χ3v) is 4.10. The summed E-state index contributed by atoms with van der Waals surface area (Å²) in [7, 11) is 1.67. The monoisotopic (exact) mass is 342 g/mol. The topological polar surface area (TPSA) is 34.1 Å². The molecule has 0 fully saturated rings. The van der Waals surface area contributed by atoms with Crippen molar-refractivity contribution in [3.05, 3.63) is 64.8 Å². The molecule has 0 saturated heterocycles. The van der Waals surface area contributed by atoms with E-state index in [9.17, 15) is 0 Å². The van der Waals surface area contributed by atoms with Crippen LogP contribution in [0.5, 0.6) is 5.75 Å². The summed E-state index contributed by atoms with van der Waals surface area (Å²) in [4.78, 5) is 4.45. The van der Waals surface area contributed by atoms with E-state index in [1.165, 1.54) is 0 Å². The Balaban J connectivity index is 1.80. The van der Waals surface area contributed by atoms with E-state index < -0.39 is 0 Å². The standard InChI is InChI=1S/C17H15BrN2O/c1-21-15-6-7-16(18)13(9-15)10-19-14-8-12-4-2-3-5-17(12)20-11-14/h2-9,11,19H,10H2,1H3. The lowest BCUT2D eigenvalue weighted by Crippen LogP contribution is -2.01. The molecule has 1 N–H and O–H groups in total. The van der Waals surface area contributed by atoms with Crippen molar-refractivity contribution in [3.63, 3.8) is 0 Å². The number of para-hydroxylation sites is 1. The maximum Gasteiger partial charge on any atom is 0.119 e. The van der Waals surface area contributed by atoms with E-state index in [2.05, 4.69) is 38.4 Å². The molecule has 1 aromatic heterocycles. The number of halogens is 1. The van der Waals surface area contributed by atoms with Gasteiger partial charge in [-0.2, -0.15) is 0 Å². The van der Waals surface area contributed by atoms with Gasteiger partial charge in [-0.15, -0.1) is 0 Å². The van der Waals surface area contributed by atoms with Crippen LogP contribution < -0.4 is 10.1 Å². The Morgan fingerprint density at radius 3 is 2.86 bits per heavy atom. The number of hydrogen-bond donors (Lipinski definition) is 1. The zero-order valence-electron chi connectivity index (χ0n) is 11.6. The minimum atomic E-state index is 0.706. The molecule has 3 nitrogen and oxygen atoms in total. The van der Waals surface area contributed by atoms with Gasteiger partial charge in [0.1, 0.15) is 5.75 Å². The first-order chi connectivity index (χ1) is 10.3. The average molecular weight is 343 g/mol. The molecule has 0 amide bonds. The van der Waals surface area contributed by atoms with Crippen molar-refractivity contribution in [2.45, 2.75) is 6.54 Å². The van der Waals surface area contributed by atoms with Crippen LogP contribution in [0.25, 0.3) is 10.9 Å².